The van der Waals surface area contributed by atoms with Gasteiger partial charge in [0.05, 0.1) is 4.90 Å². The van der Waals surface area contributed by atoms with Crippen molar-refractivity contribution in [3.8, 4) is 0 Å². The summed E-state index contributed by atoms with van der Waals surface area (Å²) >= 11 is 1.31. The average molecular weight is 385 g/mol. The van der Waals surface area contributed by atoms with E-state index in [1.54, 1.807) is 48.2 Å². The Kier molecular flexibility index (Phi) is 5.24. The molecule has 0 saturated carbocycles. The summed E-state index contributed by atoms with van der Waals surface area (Å²) < 4.78 is 23.3. The van der Waals surface area contributed by atoms with Gasteiger partial charge < -0.3 is 0 Å². The van der Waals surface area contributed by atoms with E-state index in [2.05, 4.69) is 15.3 Å². The molecule has 6 nitrogen and oxygen atoms in total. The number of carbonyl (C=O) groups excluding carboxylic acids is 1. The lowest BCUT2D eigenvalue weighted by Crippen LogP contribution is -2.13. The zero-order chi connectivity index (χ0) is 18.6. The van der Waals surface area contributed by atoms with Crippen molar-refractivity contribution < 1.29 is 13.2 Å². The molecule has 3 aromatic rings. The largest absolute Gasteiger partial charge is 0.298 e. The lowest BCUT2D eigenvalue weighted by Gasteiger charge is -2.09. The maximum absolute atomic E-state index is 12.7. The molecule has 2 heterocycles. The smallest absolute Gasteiger partial charge is 0.258 e. The van der Waals surface area contributed by atoms with Gasteiger partial charge in [0.1, 0.15) is 0 Å². The predicted molar refractivity (Wildman–Crippen MR) is 102 cm³/mol. The Balaban J connectivity index is 2.00. The van der Waals surface area contributed by atoms with Crippen LogP contribution in [-0.4, -0.2) is 30.5 Å². The van der Waals surface area contributed by atoms with Crippen molar-refractivity contribution in [2.24, 2.45) is 0 Å². The van der Waals surface area contributed by atoms with Crippen LogP contribution in [0.25, 0.3) is 11.6 Å². The summed E-state index contributed by atoms with van der Waals surface area (Å²) in [6.07, 6.45) is 7.73. The molecule has 0 radical (unpaired) electrons. The van der Waals surface area contributed by atoms with Gasteiger partial charge in [-0.1, -0.05) is 18.2 Å². The second kappa shape index (κ2) is 7.59. The van der Waals surface area contributed by atoms with Gasteiger partial charge in [0.15, 0.2) is 15.0 Å². The van der Waals surface area contributed by atoms with Crippen LogP contribution in [0.4, 0.5) is 5.13 Å². The highest BCUT2D eigenvalue weighted by Gasteiger charge is 2.15. The zero-order valence-electron chi connectivity index (χ0n) is 13.8. The fraction of sp³-hybridized carbons (Fsp3) is 0.0556. The number of nitrogens with zero attached hydrogens (tertiary/aromatic N) is 2. The number of hydrogen-bond donors (Lipinski definition) is 1. The van der Waals surface area contributed by atoms with Gasteiger partial charge in [-0.3, -0.25) is 15.1 Å². The third kappa shape index (κ3) is 4.41. The Morgan fingerprint density at radius 1 is 1.15 bits per heavy atom. The molecule has 0 fully saturated rings. The molecule has 0 atom stereocenters. The number of rotatable bonds is 5. The van der Waals surface area contributed by atoms with Crippen molar-refractivity contribution in [2.75, 3.05) is 11.6 Å². The molecule has 0 aliphatic heterocycles. The number of anilines is 1. The van der Waals surface area contributed by atoms with E-state index in [4.69, 9.17) is 0 Å². The number of benzene rings is 1. The number of aromatic nitrogens is 2. The number of sulfone groups is 1. The average Bonchev–Trinajstić information content (AvgIpc) is 3.13. The van der Waals surface area contributed by atoms with Gasteiger partial charge >= 0.3 is 0 Å². The lowest BCUT2D eigenvalue weighted by atomic mass is 10.0. The van der Waals surface area contributed by atoms with Crippen LogP contribution in [0.3, 0.4) is 0 Å². The summed E-state index contributed by atoms with van der Waals surface area (Å²) in [6.45, 7) is 0. The van der Waals surface area contributed by atoms with Crippen molar-refractivity contribution in [3.63, 3.8) is 0 Å². The van der Waals surface area contributed by atoms with E-state index in [1.807, 2.05) is 6.07 Å². The van der Waals surface area contributed by atoms with Gasteiger partial charge in [0.25, 0.3) is 5.91 Å². The molecule has 3 rings (SSSR count). The number of nitrogens with one attached hydrogen (secondary N) is 1. The summed E-state index contributed by atoms with van der Waals surface area (Å²) in [5.41, 5.74) is 1.73. The maximum atomic E-state index is 12.7. The summed E-state index contributed by atoms with van der Waals surface area (Å²) in [7, 11) is -3.30. The van der Waals surface area contributed by atoms with Crippen LogP contribution >= 0.6 is 11.3 Å². The molecule has 132 valence electrons. The molecule has 0 saturated heterocycles. The van der Waals surface area contributed by atoms with Crippen molar-refractivity contribution in [1.29, 1.82) is 0 Å². The van der Waals surface area contributed by atoms with Gasteiger partial charge in [-0.2, -0.15) is 0 Å². The number of carbonyl (C=O) groups is 1. The van der Waals surface area contributed by atoms with Gasteiger partial charge in [-0.25, -0.2) is 13.4 Å². The van der Waals surface area contributed by atoms with Crippen LogP contribution in [0.1, 0.15) is 11.1 Å². The first-order valence-corrected chi connectivity index (χ1v) is 10.3. The fourth-order valence-corrected chi connectivity index (χ4v) is 3.39. The van der Waals surface area contributed by atoms with Crippen LogP contribution in [0.15, 0.2) is 65.3 Å². The fourth-order valence-electron chi connectivity index (χ4n) is 2.24. The third-order valence-electron chi connectivity index (χ3n) is 3.49. The van der Waals surface area contributed by atoms with Crippen LogP contribution < -0.4 is 5.32 Å². The Morgan fingerprint density at radius 2 is 1.92 bits per heavy atom. The molecule has 1 aromatic carbocycles. The quantitative estimate of drug-likeness (QED) is 0.682. The molecule has 0 aliphatic carbocycles. The summed E-state index contributed by atoms with van der Waals surface area (Å²) in [5, 5.41) is 5.00. The Labute approximate surface area is 155 Å². The molecule has 1 amide bonds. The number of hydrogen-bond acceptors (Lipinski definition) is 6. The lowest BCUT2D eigenvalue weighted by molar-refractivity contribution is -0.111. The summed E-state index contributed by atoms with van der Waals surface area (Å²) in [4.78, 5) is 21.0. The topological polar surface area (TPSA) is 89.0 Å². The number of amides is 1. The molecule has 0 unspecified atom stereocenters. The Morgan fingerprint density at radius 3 is 2.50 bits per heavy atom. The first kappa shape index (κ1) is 18.0. The molecular weight excluding hydrogens is 370 g/mol. The highest BCUT2D eigenvalue weighted by Crippen LogP contribution is 2.23. The van der Waals surface area contributed by atoms with E-state index in [-0.39, 0.29) is 10.8 Å². The first-order valence-electron chi connectivity index (χ1n) is 7.56. The SMILES string of the molecule is CS(=O)(=O)c1ccc(C(=Cc2cccnc2)C(=O)Nc2nccs2)cc1. The van der Waals surface area contributed by atoms with E-state index in [0.29, 0.717) is 16.3 Å². The molecular formula is C18H15N3O3S2. The molecule has 8 heteroatoms. The van der Waals surface area contributed by atoms with E-state index >= 15 is 0 Å². The van der Waals surface area contributed by atoms with Crippen LogP contribution in [0.5, 0.6) is 0 Å². The predicted octanol–water partition coefficient (Wildman–Crippen LogP) is 3.12. The van der Waals surface area contributed by atoms with Crippen molar-refractivity contribution in [3.05, 3.63) is 71.5 Å². The monoisotopic (exact) mass is 385 g/mol. The molecule has 0 bridgehead atoms. The summed E-state index contributed by atoms with van der Waals surface area (Å²) in [5.74, 6) is -0.337. The molecule has 1 N–H and O–H groups in total. The van der Waals surface area contributed by atoms with Crippen molar-refractivity contribution in [1.82, 2.24) is 9.97 Å². The van der Waals surface area contributed by atoms with Crippen molar-refractivity contribution >= 4 is 43.9 Å². The molecule has 26 heavy (non-hydrogen) atoms. The molecule has 0 spiro atoms. The van der Waals surface area contributed by atoms with Crippen molar-refractivity contribution in [2.45, 2.75) is 4.90 Å². The van der Waals surface area contributed by atoms with E-state index in [0.717, 1.165) is 11.8 Å². The number of thiazole rings is 1. The zero-order valence-corrected chi connectivity index (χ0v) is 15.4. The Hall–Kier alpha value is -2.84. The molecule has 0 aliphatic rings. The minimum absolute atomic E-state index is 0.197. The van der Waals surface area contributed by atoms with Crippen LogP contribution in [0, 0.1) is 0 Å². The molecule has 2 aromatic heterocycles. The van der Waals surface area contributed by atoms with Gasteiger partial charge in [-0.15, -0.1) is 11.3 Å². The van der Waals surface area contributed by atoms with Gasteiger partial charge in [-0.05, 0) is 35.4 Å². The maximum Gasteiger partial charge on any atom is 0.258 e. The Bertz CT molecular complexity index is 1030. The standard InChI is InChI=1S/C18H15N3O3S2/c1-26(23,24)15-6-4-14(5-7-15)16(11-13-3-2-8-19-12-13)17(22)21-18-20-9-10-25-18/h2-12H,1H3,(H,20,21,22). The number of pyridine rings is 1. The van der Waals surface area contributed by atoms with Crippen LogP contribution in [0.2, 0.25) is 0 Å². The normalized spacial score (nSPS) is 12.0. The second-order valence-corrected chi connectivity index (χ2v) is 8.34. The minimum Gasteiger partial charge on any atom is -0.298 e. The second-order valence-electron chi connectivity index (χ2n) is 5.43. The van der Waals surface area contributed by atoms with Gasteiger partial charge in [0, 0.05) is 35.8 Å². The van der Waals surface area contributed by atoms with Crippen LogP contribution in [-0.2, 0) is 14.6 Å². The van der Waals surface area contributed by atoms with E-state index in [1.165, 1.54) is 23.5 Å². The third-order valence-corrected chi connectivity index (χ3v) is 5.30. The van der Waals surface area contributed by atoms with Gasteiger partial charge in [0.2, 0.25) is 0 Å². The highest BCUT2D eigenvalue weighted by molar-refractivity contribution is 7.90. The first-order chi connectivity index (χ1) is 12.4. The summed E-state index contributed by atoms with van der Waals surface area (Å²) in [6, 6.07) is 9.79. The van der Waals surface area contributed by atoms with E-state index in [9.17, 15) is 13.2 Å². The van der Waals surface area contributed by atoms with E-state index < -0.39 is 9.84 Å². The minimum atomic E-state index is -3.30. The highest BCUT2D eigenvalue weighted by atomic mass is 32.2.